The van der Waals surface area contributed by atoms with Crippen molar-refractivity contribution in [3.8, 4) is 11.5 Å². The number of ether oxygens (including phenoxy) is 3. The summed E-state index contributed by atoms with van der Waals surface area (Å²) < 4.78 is 16.4. The maximum absolute atomic E-state index is 5.57. The van der Waals surface area contributed by atoms with Crippen LogP contribution in [0.1, 0.15) is 31.7 Å². The van der Waals surface area contributed by atoms with Gasteiger partial charge in [-0.25, -0.2) is 5.43 Å². The highest BCUT2D eigenvalue weighted by atomic mass is 16.5. The zero-order valence-corrected chi connectivity index (χ0v) is 18.8. The standard InChI is InChI=1S/C22H31N7O3/c1-3-32-18-8-7-17(15-19(18)30-2)16-23-27-20-24-21(28-9-5-4-6-10-28)26-22(25-20)29-11-13-31-14-12-29/h7-8,15-16H,3-6,9-14H2,1-2H3,(H,24,25,26,27). The zero-order chi connectivity index (χ0) is 22.2. The van der Waals surface area contributed by atoms with E-state index in [-0.39, 0.29) is 0 Å². The molecule has 0 bridgehead atoms. The Morgan fingerprint density at radius 1 is 1.00 bits per heavy atom. The highest BCUT2D eigenvalue weighted by Gasteiger charge is 2.20. The topological polar surface area (TPSA) is 97.2 Å². The molecule has 2 aromatic rings. The molecule has 1 N–H and O–H groups in total. The van der Waals surface area contributed by atoms with Gasteiger partial charge in [0.2, 0.25) is 17.8 Å². The van der Waals surface area contributed by atoms with Crippen LogP contribution in [0.2, 0.25) is 0 Å². The Balaban J connectivity index is 1.52. The van der Waals surface area contributed by atoms with E-state index in [1.54, 1.807) is 13.3 Å². The molecule has 2 fully saturated rings. The number of nitrogens with one attached hydrogen (secondary N) is 1. The van der Waals surface area contributed by atoms with Crippen molar-refractivity contribution >= 4 is 24.1 Å². The van der Waals surface area contributed by atoms with Gasteiger partial charge in [0.25, 0.3) is 0 Å². The largest absolute Gasteiger partial charge is 0.493 e. The van der Waals surface area contributed by atoms with Crippen LogP contribution >= 0.6 is 0 Å². The van der Waals surface area contributed by atoms with Crippen LogP contribution < -0.4 is 24.7 Å². The van der Waals surface area contributed by atoms with Gasteiger partial charge in [-0.1, -0.05) is 0 Å². The number of anilines is 3. The fourth-order valence-electron chi connectivity index (χ4n) is 3.75. The monoisotopic (exact) mass is 441 g/mol. The van der Waals surface area contributed by atoms with Crippen LogP contribution in [0.3, 0.4) is 0 Å². The first-order valence-electron chi connectivity index (χ1n) is 11.2. The second kappa shape index (κ2) is 10.9. The summed E-state index contributed by atoms with van der Waals surface area (Å²) in [6, 6.07) is 5.67. The minimum atomic E-state index is 0.427. The number of nitrogens with zero attached hydrogens (tertiary/aromatic N) is 6. The number of hydrazone groups is 1. The number of aromatic nitrogens is 3. The van der Waals surface area contributed by atoms with Crippen LogP contribution in [0.25, 0.3) is 0 Å². The Labute approximate surface area is 188 Å². The molecule has 0 spiro atoms. The average molecular weight is 442 g/mol. The van der Waals surface area contributed by atoms with E-state index < -0.39 is 0 Å². The molecule has 0 unspecified atom stereocenters. The minimum Gasteiger partial charge on any atom is -0.493 e. The molecule has 0 saturated carbocycles. The van der Waals surface area contributed by atoms with Gasteiger partial charge in [-0.05, 0) is 49.9 Å². The Morgan fingerprint density at radius 2 is 1.72 bits per heavy atom. The number of hydrogen-bond acceptors (Lipinski definition) is 10. The van der Waals surface area contributed by atoms with Crippen LogP contribution in [0.15, 0.2) is 23.3 Å². The van der Waals surface area contributed by atoms with Gasteiger partial charge >= 0.3 is 0 Å². The summed E-state index contributed by atoms with van der Waals surface area (Å²) in [5, 5.41) is 4.35. The Kier molecular flexibility index (Phi) is 7.55. The fourth-order valence-corrected chi connectivity index (χ4v) is 3.75. The van der Waals surface area contributed by atoms with Crippen molar-refractivity contribution in [2.75, 3.05) is 68.3 Å². The molecule has 10 nitrogen and oxygen atoms in total. The van der Waals surface area contributed by atoms with E-state index in [0.717, 1.165) is 44.6 Å². The number of morpholine rings is 1. The quantitative estimate of drug-likeness (QED) is 0.489. The van der Waals surface area contributed by atoms with Crippen molar-refractivity contribution in [1.29, 1.82) is 0 Å². The second-order valence-corrected chi connectivity index (χ2v) is 7.62. The van der Waals surface area contributed by atoms with Crippen LogP contribution in [0.5, 0.6) is 11.5 Å². The maximum atomic E-state index is 5.57. The fraction of sp³-hybridized carbons (Fsp3) is 0.545. The van der Waals surface area contributed by atoms with E-state index in [2.05, 4.69) is 30.3 Å². The van der Waals surface area contributed by atoms with E-state index in [1.807, 2.05) is 25.1 Å². The SMILES string of the molecule is CCOc1ccc(C=NNc2nc(N3CCCCC3)nc(N3CCOCC3)n2)cc1OC. The van der Waals surface area contributed by atoms with Crippen LogP contribution in [-0.2, 0) is 4.74 Å². The number of methoxy groups -OCH3 is 1. The predicted molar refractivity (Wildman–Crippen MR) is 124 cm³/mol. The Morgan fingerprint density at radius 3 is 2.41 bits per heavy atom. The molecule has 2 aliphatic heterocycles. The molecular formula is C22H31N7O3. The van der Waals surface area contributed by atoms with Crippen molar-refractivity contribution < 1.29 is 14.2 Å². The number of rotatable bonds is 8. The number of hydrogen-bond donors (Lipinski definition) is 1. The third-order valence-corrected chi connectivity index (χ3v) is 5.41. The Bertz CT molecular complexity index is 876. The van der Waals surface area contributed by atoms with Crippen molar-refractivity contribution in [1.82, 2.24) is 15.0 Å². The molecule has 0 atom stereocenters. The summed E-state index contributed by atoms with van der Waals surface area (Å²) in [6.07, 6.45) is 5.26. The molecule has 172 valence electrons. The molecule has 2 aliphatic rings. The Hall–Kier alpha value is -3.14. The average Bonchev–Trinajstić information content (AvgIpc) is 2.86. The van der Waals surface area contributed by atoms with Crippen LogP contribution in [0, 0.1) is 0 Å². The lowest BCUT2D eigenvalue weighted by Gasteiger charge is -2.30. The second-order valence-electron chi connectivity index (χ2n) is 7.62. The van der Waals surface area contributed by atoms with Crippen molar-refractivity contribution in [3.63, 3.8) is 0 Å². The van der Waals surface area contributed by atoms with Crippen molar-refractivity contribution in [2.45, 2.75) is 26.2 Å². The van der Waals surface area contributed by atoms with Gasteiger partial charge in [0.15, 0.2) is 11.5 Å². The zero-order valence-electron chi connectivity index (χ0n) is 18.8. The molecule has 0 aliphatic carbocycles. The maximum Gasteiger partial charge on any atom is 0.250 e. The molecule has 1 aromatic heterocycles. The smallest absolute Gasteiger partial charge is 0.250 e. The summed E-state index contributed by atoms with van der Waals surface area (Å²) in [5.41, 5.74) is 3.85. The third kappa shape index (κ3) is 5.56. The van der Waals surface area contributed by atoms with Crippen molar-refractivity contribution in [2.24, 2.45) is 5.10 Å². The van der Waals surface area contributed by atoms with E-state index in [4.69, 9.17) is 19.2 Å². The summed E-state index contributed by atoms with van der Waals surface area (Å²) >= 11 is 0. The summed E-state index contributed by atoms with van der Waals surface area (Å²) in [4.78, 5) is 18.3. The predicted octanol–water partition coefficient (Wildman–Crippen LogP) is 2.55. The number of piperidine rings is 1. The van der Waals surface area contributed by atoms with E-state index in [9.17, 15) is 0 Å². The molecule has 4 rings (SSSR count). The highest BCUT2D eigenvalue weighted by Crippen LogP contribution is 2.27. The van der Waals surface area contributed by atoms with Gasteiger partial charge in [-0.15, -0.1) is 0 Å². The van der Waals surface area contributed by atoms with E-state index in [0.29, 0.717) is 49.2 Å². The molecule has 2 saturated heterocycles. The van der Waals surface area contributed by atoms with Gasteiger partial charge < -0.3 is 24.0 Å². The van der Waals surface area contributed by atoms with Crippen LogP contribution in [-0.4, -0.2) is 74.3 Å². The summed E-state index contributed by atoms with van der Waals surface area (Å²) in [7, 11) is 1.62. The minimum absolute atomic E-state index is 0.427. The molecule has 10 heteroatoms. The molecule has 1 aromatic carbocycles. The third-order valence-electron chi connectivity index (χ3n) is 5.41. The highest BCUT2D eigenvalue weighted by molar-refractivity contribution is 5.81. The normalized spacial score (nSPS) is 16.9. The lowest BCUT2D eigenvalue weighted by Crippen LogP contribution is -2.38. The number of benzene rings is 1. The lowest BCUT2D eigenvalue weighted by molar-refractivity contribution is 0.122. The molecule has 0 radical (unpaired) electrons. The lowest BCUT2D eigenvalue weighted by atomic mass is 10.1. The first kappa shape index (κ1) is 22.1. The first-order valence-corrected chi connectivity index (χ1v) is 11.2. The molecule has 3 heterocycles. The van der Waals surface area contributed by atoms with Gasteiger partial charge in [0.05, 0.1) is 33.1 Å². The first-order chi connectivity index (χ1) is 15.8. The van der Waals surface area contributed by atoms with E-state index >= 15 is 0 Å². The van der Waals surface area contributed by atoms with Gasteiger partial charge in [-0.3, -0.25) is 0 Å². The molecule has 32 heavy (non-hydrogen) atoms. The molecule has 0 amide bonds. The van der Waals surface area contributed by atoms with Gasteiger partial charge in [-0.2, -0.15) is 20.1 Å². The van der Waals surface area contributed by atoms with Gasteiger partial charge in [0.1, 0.15) is 0 Å². The summed E-state index contributed by atoms with van der Waals surface area (Å²) in [5.74, 6) is 3.15. The van der Waals surface area contributed by atoms with Gasteiger partial charge in [0, 0.05) is 26.2 Å². The van der Waals surface area contributed by atoms with Crippen LogP contribution in [0.4, 0.5) is 17.8 Å². The van der Waals surface area contributed by atoms with E-state index in [1.165, 1.54) is 6.42 Å². The van der Waals surface area contributed by atoms with Crippen molar-refractivity contribution in [3.05, 3.63) is 23.8 Å². The summed E-state index contributed by atoms with van der Waals surface area (Å²) in [6.45, 7) is 7.31. The molecular weight excluding hydrogens is 410 g/mol.